The SMILES string of the molecule is CC=C1C(=O)N=C(c2ccc(C(=O)O)cc2)N=C1C. The van der Waals surface area contributed by atoms with Gasteiger partial charge in [-0.2, -0.15) is 4.99 Å². The molecule has 19 heavy (non-hydrogen) atoms. The number of carboxylic acid groups (broad SMARTS) is 1. The predicted octanol–water partition coefficient (Wildman–Crippen LogP) is 2.08. The van der Waals surface area contributed by atoms with E-state index in [2.05, 4.69) is 9.98 Å². The number of aromatic carboxylic acids is 1. The molecule has 0 fully saturated rings. The zero-order valence-electron chi connectivity index (χ0n) is 10.5. The Balaban J connectivity index is 2.38. The maximum atomic E-state index is 11.8. The number of hydrogen-bond acceptors (Lipinski definition) is 3. The molecule has 5 nitrogen and oxygen atoms in total. The molecule has 1 aliphatic heterocycles. The standard InChI is InChI=1S/C14H12N2O3/c1-3-11-8(2)15-12(16-13(11)17)9-4-6-10(7-5-9)14(18)19/h3-7H,1-2H3,(H,18,19). The van der Waals surface area contributed by atoms with Gasteiger partial charge in [-0.3, -0.25) is 4.79 Å². The number of aliphatic imine (C=N–C) groups is 2. The fraction of sp³-hybridized carbons (Fsp3) is 0.143. The molecule has 1 aliphatic rings. The summed E-state index contributed by atoms with van der Waals surface area (Å²) in [6, 6.07) is 6.10. The van der Waals surface area contributed by atoms with Crippen molar-refractivity contribution in [2.24, 2.45) is 9.98 Å². The van der Waals surface area contributed by atoms with E-state index in [9.17, 15) is 9.59 Å². The smallest absolute Gasteiger partial charge is 0.335 e. The summed E-state index contributed by atoms with van der Waals surface area (Å²) in [5, 5.41) is 8.82. The molecule has 0 aliphatic carbocycles. The largest absolute Gasteiger partial charge is 0.478 e. The molecule has 1 amide bonds. The summed E-state index contributed by atoms with van der Waals surface area (Å²) in [6.45, 7) is 3.50. The third kappa shape index (κ3) is 2.49. The molecule has 0 spiro atoms. The van der Waals surface area contributed by atoms with E-state index in [4.69, 9.17) is 5.11 Å². The average molecular weight is 256 g/mol. The van der Waals surface area contributed by atoms with Gasteiger partial charge in [-0.1, -0.05) is 18.2 Å². The van der Waals surface area contributed by atoms with Crippen LogP contribution in [0.5, 0.6) is 0 Å². The number of rotatable bonds is 2. The van der Waals surface area contributed by atoms with Crippen LogP contribution in [0.4, 0.5) is 0 Å². The van der Waals surface area contributed by atoms with Gasteiger partial charge < -0.3 is 5.11 Å². The van der Waals surface area contributed by atoms with Crippen LogP contribution in [0.15, 0.2) is 45.9 Å². The second-order valence-electron chi connectivity index (χ2n) is 4.02. The van der Waals surface area contributed by atoms with E-state index in [0.29, 0.717) is 22.7 Å². The van der Waals surface area contributed by atoms with Crippen molar-refractivity contribution in [1.29, 1.82) is 0 Å². The topological polar surface area (TPSA) is 79.1 Å². The molecule has 0 aromatic heterocycles. The van der Waals surface area contributed by atoms with Crippen LogP contribution in [0.25, 0.3) is 0 Å². The monoisotopic (exact) mass is 256 g/mol. The summed E-state index contributed by atoms with van der Waals surface area (Å²) in [6.07, 6.45) is 1.68. The first-order valence-corrected chi connectivity index (χ1v) is 5.71. The summed E-state index contributed by atoms with van der Waals surface area (Å²) in [5.41, 5.74) is 1.90. The maximum absolute atomic E-state index is 11.8. The fourth-order valence-electron chi connectivity index (χ4n) is 1.78. The number of carbonyl (C=O) groups excluding carboxylic acids is 1. The van der Waals surface area contributed by atoms with Crippen LogP contribution in [-0.2, 0) is 4.79 Å². The number of allylic oxidation sites excluding steroid dienone is 1. The maximum Gasteiger partial charge on any atom is 0.335 e. The summed E-state index contributed by atoms with van der Waals surface area (Å²) < 4.78 is 0. The van der Waals surface area contributed by atoms with E-state index in [0.717, 1.165) is 0 Å². The van der Waals surface area contributed by atoms with E-state index in [1.165, 1.54) is 12.1 Å². The lowest BCUT2D eigenvalue weighted by Crippen LogP contribution is -2.18. The Kier molecular flexibility index (Phi) is 3.37. The quantitative estimate of drug-likeness (QED) is 0.823. The van der Waals surface area contributed by atoms with Gasteiger partial charge in [0.15, 0.2) is 5.84 Å². The molecule has 0 unspecified atom stereocenters. The lowest BCUT2D eigenvalue weighted by Gasteiger charge is -2.11. The minimum Gasteiger partial charge on any atom is -0.478 e. The Morgan fingerprint density at radius 3 is 2.32 bits per heavy atom. The van der Waals surface area contributed by atoms with Gasteiger partial charge in [0.05, 0.1) is 16.8 Å². The van der Waals surface area contributed by atoms with Gasteiger partial charge in [0, 0.05) is 5.56 Å². The number of amidine groups is 1. The van der Waals surface area contributed by atoms with E-state index in [1.807, 2.05) is 0 Å². The van der Waals surface area contributed by atoms with Crippen molar-refractivity contribution < 1.29 is 14.7 Å². The molecule has 96 valence electrons. The molecule has 1 heterocycles. The Morgan fingerprint density at radius 2 is 1.84 bits per heavy atom. The van der Waals surface area contributed by atoms with Crippen molar-refractivity contribution in [1.82, 2.24) is 0 Å². The highest BCUT2D eigenvalue weighted by Gasteiger charge is 2.19. The van der Waals surface area contributed by atoms with Crippen molar-refractivity contribution in [3.05, 3.63) is 47.0 Å². The van der Waals surface area contributed by atoms with Crippen LogP contribution >= 0.6 is 0 Å². The van der Waals surface area contributed by atoms with E-state index in [1.54, 1.807) is 32.1 Å². The van der Waals surface area contributed by atoms with Gasteiger partial charge in [-0.15, -0.1) is 0 Å². The third-order valence-electron chi connectivity index (χ3n) is 2.78. The lowest BCUT2D eigenvalue weighted by molar-refractivity contribution is -0.113. The lowest BCUT2D eigenvalue weighted by atomic mass is 10.1. The Hall–Kier alpha value is -2.56. The molecule has 5 heteroatoms. The Labute approximate surface area is 110 Å². The Bertz CT molecular complexity index is 637. The van der Waals surface area contributed by atoms with Crippen LogP contribution in [-0.4, -0.2) is 28.5 Å². The van der Waals surface area contributed by atoms with Gasteiger partial charge in [0.25, 0.3) is 5.91 Å². The molecule has 2 rings (SSSR count). The summed E-state index contributed by atoms with van der Waals surface area (Å²) in [7, 11) is 0. The van der Waals surface area contributed by atoms with Gasteiger partial charge in [0.2, 0.25) is 0 Å². The zero-order valence-corrected chi connectivity index (χ0v) is 10.5. The normalized spacial score (nSPS) is 17.2. The highest BCUT2D eigenvalue weighted by Crippen LogP contribution is 2.14. The minimum absolute atomic E-state index is 0.182. The Morgan fingerprint density at radius 1 is 1.21 bits per heavy atom. The first kappa shape index (κ1) is 12.9. The van der Waals surface area contributed by atoms with Crippen LogP contribution in [0.3, 0.4) is 0 Å². The predicted molar refractivity (Wildman–Crippen MR) is 71.8 cm³/mol. The molecule has 1 N–H and O–H groups in total. The molecular weight excluding hydrogens is 244 g/mol. The highest BCUT2D eigenvalue weighted by atomic mass is 16.4. The highest BCUT2D eigenvalue weighted by molar-refractivity contribution is 6.30. The number of hydrogen-bond donors (Lipinski definition) is 1. The first-order chi connectivity index (χ1) is 9.02. The van der Waals surface area contributed by atoms with Crippen molar-refractivity contribution in [3.8, 4) is 0 Å². The first-order valence-electron chi connectivity index (χ1n) is 5.71. The molecule has 0 bridgehead atoms. The average Bonchev–Trinajstić information content (AvgIpc) is 2.38. The number of carboxylic acids is 1. The van der Waals surface area contributed by atoms with Gasteiger partial charge >= 0.3 is 5.97 Å². The third-order valence-corrected chi connectivity index (χ3v) is 2.78. The van der Waals surface area contributed by atoms with E-state index < -0.39 is 5.97 Å². The minimum atomic E-state index is -0.996. The van der Waals surface area contributed by atoms with Crippen molar-refractivity contribution >= 4 is 23.4 Å². The van der Waals surface area contributed by atoms with Crippen LogP contribution in [0.1, 0.15) is 29.8 Å². The molecule has 0 radical (unpaired) electrons. The van der Waals surface area contributed by atoms with E-state index in [-0.39, 0.29) is 11.5 Å². The van der Waals surface area contributed by atoms with E-state index >= 15 is 0 Å². The molecule has 1 aromatic carbocycles. The second kappa shape index (κ2) is 4.97. The summed E-state index contributed by atoms with van der Waals surface area (Å²) >= 11 is 0. The van der Waals surface area contributed by atoms with Crippen molar-refractivity contribution in [3.63, 3.8) is 0 Å². The molecular formula is C14H12N2O3. The number of benzene rings is 1. The van der Waals surface area contributed by atoms with Gasteiger partial charge in [-0.25, -0.2) is 9.79 Å². The number of nitrogens with zero attached hydrogens (tertiary/aromatic N) is 2. The van der Waals surface area contributed by atoms with Crippen LogP contribution < -0.4 is 0 Å². The van der Waals surface area contributed by atoms with Crippen molar-refractivity contribution in [2.45, 2.75) is 13.8 Å². The van der Waals surface area contributed by atoms with Crippen LogP contribution in [0.2, 0.25) is 0 Å². The van der Waals surface area contributed by atoms with Crippen LogP contribution in [0, 0.1) is 0 Å². The fourth-order valence-corrected chi connectivity index (χ4v) is 1.78. The summed E-state index contributed by atoms with van der Waals surface area (Å²) in [5.74, 6) is -1.01. The van der Waals surface area contributed by atoms with Crippen molar-refractivity contribution in [2.75, 3.05) is 0 Å². The van der Waals surface area contributed by atoms with Gasteiger partial charge in [0.1, 0.15) is 0 Å². The molecule has 1 aromatic rings. The number of amides is 1. The zero-order chi connectivity index (χ0) is 14.0. The number of carbonyl (C=O) groups is 2. The van der Waals surface area contributed by atoms with Gasteiger partial charge in [-0.05, 0) is 26.0 Å². The second-order valence-corrected chi connectivity index (χ2v) is 4.02. The molecule has 0 atom stereocenters. The summed E-state index contributed by atoms with van der Waals surface area (Å²) in [4.78, 5) is 30.7. The molecule has 0 saturated heterocycles. The molecule has 0 saturated carbocycles.